The Balaban J connectivity index is 1.69. The van der Waals surface area contributed by atoms with E-state index in [1.54, 1.807) is 31.4 Å². The van der Waals surface area contributed by atoms with E-state index in [4.69, 9.17) is 4.74 Å². The van der Waals surface area contributed by atoms with Gasteiger partial charge in [0.05, 0.1) is 23.4 Å². The molecule has 0 aliphatic heterocycles. The number of imidazole rings is 1. The van der Waals surface area contributed by atoms with Gasteiger partial charge < -0.3 is 15.0 Å². The highest BCUT2D eigenvalue weighted by Crippen LogP contribution is 2.26. The van der Waals surface area contributed by atoms with Crippen LogP contribution in [0.5, 0.6) is 5.75 Å². The van der Waals surface area contributed by atoms with Gasteiger partial charge in [0.25, 0.3) is 0 Å². The second kappa shape index (κ2) is 7.61. The van der Waals surface area contributed by atoms with Crippen molar-refractivity contribution in [1.29, 1.82) is 0 Å². The quantitative estimate of drug-likeness (QED) is 0.509. The molecule has 7 heteroatoms. The number of aromatic nitrogens is 2. The molecule has 3 rings (SSSR count). The number of H-pyrrole nitrogens is 1. The van der Waals surface area contributed by atoms with Crippen LogP contribution < -0.4 is 10.1 Å². The number of ketones is 1. The van der Waals surface area contributed by atoms with E-state index < -0.39 is 0 Å². The summed E-state index contributed by atoms with van der Waals surface area (Å²) in [5.41, 5.74) is 2.84. The van der Waals surface area contributed by atoms with Crippen molar-refractivity contribution in [3.05, 3.63) is 48.0 Å². The molecule has 0 unspecified atom stereocenters. The van der Waals surface area contributed by atoms with Gasteiger partial charge in [0, 0.05) is 17.3 Å². The average Bonchev–Trinajstić information content (AvgIpc) is 3.02. The molecule has 134 valence electrons. The number of carbonyl (C=O) groups is 2. The third-order valence-electron chi connectivity index (χ3n) is 3.86. The van der Waals surface area contributed by atoms with Crippen molar-refractivity contribution in [2.45, 2.75) is 24.3 Å². The van der Waals surface area contributed by atoms with Crippen molar-refractivity contribution in [2.24, 2.45) is 0 Å². The number of fused-ring (bicyclic) bond motifs is 1. The van der Waals surface area contributed by atoms with Gasteiger partial charge in [-0.1, -0.05) is 23.9 Å². The van der Waals surface area contributed by atoms with Crippen LogP contribution in [-0.4, -0.2) is 34.0 Å². The number of nitrogens with one attached hydrogen (secondary N) is 2. The Morgan fingerprint density at radius 3 is 2.77 bits per heavy atom. The second-order valence-corrected chi connectivity index (χ2v) is 7.14. The molecule has 0 saturated carbocycles. The first-order valence-corrected chi connectivity index (χ1v) is 8.96. The number of thioether (sulfide) groups is 1. The fourth-order valence-electron chi connectivity index (χ4n) is 2.43. The summed E-state index contributed by atoms with van der Waals surface area (Å²) < 4.78 is 5.20. The Bertz CT molecular complexity index is 968. The van der Waals surface area contributed by atoms with E-state index in [1.807, 2.05) is 25.1 Å². The molecule has 0 aliphatic carbocycles. The fourth-order valence-corrected chi connectivity index (χ4v) is 3.25. The molecule has 0 fully saturated rings. The number of ether oxygens (including phenoxy) is 1. The predicted octanol–water partition coefficient (Wildman–Crippen LogP) is 3.89. The van der Waals surface area contributed by atoms with Crippen molar-refractivity contribution in [2.75, 3.05) is 12.4 Å². The summed E-state index contributed by atoms with van der Waals surface area (Å²) in [6.45, 7) is 3.30. The highest BCUT2D eigenvalue weighted by Gasteiger charge is 2.17. The van der Waals surface area contributed by atoms with Crippen LogP contribution in [-0.2, 0) is 4.79 Å². The summed E-state index contributed by atoms with van der Waals surface area (Å²) >= 11 is 1.33. The van der Waals surface area contributed by atoms with Crippen LogP contribution in [0.25, 0.3) is 11.0 Å². The first kappa shape index (κ1) is 18.0. The summed E-state index contributed by atoms with van der Waals surface area (Å²) in [5, 5.41) is 3.13. The Morgan fingerprint density at radius 1 is 1.23 bits per heavy atom. The maximum atomic E-state index is 12.4. The SMILES string of the molecule is COc1ccc2nc(S[C@H](C)C(=O)Nc3cccc(C(C)=O)c3)[nH]c2c1. The van der Waals surface area contributed by atoms with Crippen molar-refractivity contribution < 1.29 is 14.3 Å². The van der Waals surface area contributed by atoms with Gasteiger partial charge in [-0.05, 0) is 38.1 Å². The van der Waals surface area contributed by atoms with Gasteiger partial charge in [-0.3, -0.25) is 9.59 Å². The summed E-state index contributed by atoms with van der Waals surface area (Å²) in [4.78, 5) is 31.6. The summed E-state index contributed by atoms with van der Waals surface area (Å²) in [5.74, 6) is 0.545. The molecule has 0 aliphatic rings. The molecule has 1 aromatic heterocycles. The number of benzene rings is 2. The summed E-state index contributed by atoms with van der Waals surface area (Å²) in [6, 6.07) is 12.5. The van der Waals surface area contributed by atoms with Gasteiger partial charge in [0.1, 0.15) is 5.75 Å². The van der Waals surface area contributed by atoms with Crippen LogP contribution >= 0.6 is 11.8 Å². The van der Waals surface area contributed by atoms with E-state index in [9.17, 15) is 9.59 Å². The van der Waals surface area contributed by atoms with Crippen molar-refractivity contribution in [1.82, 2.24) is 9.97 Å². The lowest BCUT2D eigenvalue weighted by Gasteiger charge is -2.11. The van der Waals surface area contributed by atoms with Crippen LogP contribution in [0.2, 0.25) is 0 Å². The number of hydrogen-bond acceptors (Lipinski definition) is 5. The molecule has 1 amide bonds. The van der Waals surface area contributed by atoms with E-state index in [1.165, 1.54) is 18.7 Å². The predicted molar refractivity (Wildman–Crippen MR) is 103 cm³/mol. The first-order chi connectivity index (χ1) is 12.5. The van der Waals surface area contributed by atoms with Crippen LogP contribution in [0.4, 0.5) is 5.69 Å². The number of methoxy groups -OCH3 is 1. The number of carbonyl (C=O) groups excluding carboxylic acids is 2. The number of amides is 1. The molecule has 26 heavy (non-hydrogen) atoms. The van der Waals surface area contributed by atoms with E-state index in [-0.39, 0.29) is 16.9 Å². The number of nitrogens with zero attached hydrogens (tertiary/aromatic N) is 1. The molecular formula is C19H19N3O3S. The molecule has 1 heterocycles. The minimum atomic E-state index is -0.363. The van der Waals surface area contributed by atoms with Crippen molar-refractivity contribution >= 4 is 40.2 Å². The highest BCUT2D eigenvalue weighted by molar-refractivity contribution is 8.00. The third-order valence-corrected chi connectivity index (χ3v) is 4.85. The lowest BCUT2D eigenvalue weighted by Crippen LogP contribution is -2.22. The average molecular weight is 369 g/mol. The largest absolute Gasteiger partial charge is 0.497 e. The second-order valence-electron chi connectivity index (χ2n) is 5.81. The van der Waals surface area contributed by atoms with E-state index in [0.29, 0.717) is 16.4 Å². The molecule has 2 N–H and O–H groups in total. The van der Waals surface area contributed by atoms with Gasteiger partial charge in [-0.25, -0.2) is 4.98 Å². The van der Waals surface area contributed by atoms with Crippen LogP contribution in [0.15, 0.2) is 47.6 Å². The van der Waals surface area contributed by atoms with Gasteiger partial charge in [0.15, 0.2) is 10.9 Å². The zero-order valence-corrected chi connectivity index (χ0v) is 15.5. The standard InChI is InChI=1S/C19H19N3O3S/c1-11(23)13-5-4-6-14(9-13)20-18(24)12(2)26-19-21-16-8-7-15(25-3)10-17(16)22-19/h4-10,12H,1-3H3,(H,20,24)(H,21,22)/t12-/m1/s1. The van der Waals surface area contributed by atoms with Gasteiger partial charge in [0.2, 0.25) is 5.91 Å². The summed E-state index contributed by atoms with van der Waals surface area (Å²) in [6.07, 6.45) is 0. The molecule has 3 aromatic rings. The maximum Gasteiger partial charge on any atom is 0.237 e. The topological polar surface area (TPSA) is 84.1 Å². The monoisotopic (exact) mass is 369 g/mol. The highest BCUT2D eigenvalue weighted by atomic mass is 32.2. The summed E-state index contributed by atoms with van der Waals surface area (Å²) in [7, 11) is 1.61. The lowest BCUT2D eigenvalue weighted by atomic mass is 10.1. The molecule has 6 nitrogen and oxygen atoms in total. The Kier molecular flexibility index (Phi) is 5.27. The maximum absolute atomic E-state index is 12.4. The number of aromatic amines is 1. The minimum absolute atomic E-state index is 0.0405. The van der Waals surface area contributed by atoms with E-state index >= 15 is 0 Å². The van der Waals surface area contributed by atoms with Gasteiger partial charge in [-0.15, -0.1) is 0 Å². The molecule has 0 saturated heterocycles. The zero-order chi connectivity index (χ0) is 18.7. The molecule has 2 aromatic carbocycles. The van der Waals surface area contributed by atoms with Gasteiger partial charge >= 0.3 is 0 Å². The Morgan fingerprint density at radius 2 is 2.04 bits per heavy atom. The minimum Gasteiger partial charge on any atom is -0.497 e. The lowest BCUT2D eigenvalue weighted by molar-refractivity contribution is -0.115. The van der Waals surface area contributed by atoms with Crippen molar-refractivity contribution in [3.63, 3.8) is 0 Å². The Hall–Kier alpha value is -2.80. The number of hydrogen-bond donors (Lipinski definition) is 2. The third kappa shape index (κ3) is 4.05. The smallest absolute Gasteiger partial charge is 0.237 e. The fraction of sp³-hybridized carbons (Fsp3) is 0.211. The Labute approximate surface area is 155 Å². The normalized spacial score (nSPS) is 12.0. The molecular weight excluding hydrogens is 350 g/mol. The number of anilines is 1. The first-order valence-electron chi connectivity index (χ1n) is 8.08. The van der Waals surface area contributed by atoms with E-state index in [0.717, 1.165) is 16.8 Å². The van der Waals surface area contributed by atoms with Crippen LogP contribution in [0, 0.1) is 0 Å². The van der Waals surface area contributed by atoms with Crippen molar-refractivity contribution in [3.8, 4) is 5.75 Å². The van der Waals surface area contributed by atoms with Gasteiger partial charge in [-0.2, -0.15) is 0 Å². The molecule has 1 atom stereocenters. The number of rotatable bonds is 6. The molecule has 0 bridgehead atoms. The van der Waals surface area contributed by atoms with Crippen LogP contribution in [0.3, 0.4) is 0 Å². The van der Waals surface area contributed by atoms with Crippen LogP contribution in [0.1, 0.15) is 24.2 Å². The molecule has 0 spiro atoms. The zero-order valence-electron chi connectivity index (χ0n) is 14.7. The van der Waals surface area contributed by atoms with E-state index in [2.05, 4.69) is 15.3 Å². The number of Topliss-reactive ketones (excluding diaryl/α,β-unsaturated/α-hetero) is 1. The molecule has 0 radical (unpaired) electrons.